The minimum atomic E-state index is -0.317. The van der Waals surface area contributed by atoms with Crippen LogP contribution in [0.3, 0.4) is 0 Å². The van der Waals surface area contributed by atoms with Gasteiger partial charge in [0.25, 0.3) is 0 Å². The summed E-state index contributed by atoms with van der Waals surface area (Å²) in [6.45, 7) is 1.40. The van der Waals surface area contributed by atoms with Gasteiger partial charge in [-0.25, -0.2) is 0 Å². The van der Waals surface area contributed by atoms with E-state index < -0.39 is 0 Å². The van der Waals surface area contributed by atoms with E-state index in [2.05, 4.69) is 0 Å². The van der Waals surface area contributed by atoms with Gasteiger partial charge in [0.15, 0.2) is 0 Å². The molecule has 108 valence electrons. The minimum absolute atomic E-state index is 0.317. The van der Waals surface area contributed by atoms with Crippen LogP contribution in [-0.2, 0) is 4.79 Å². The van der Waals surface area contributed by atoms with Gasteiger partial charge in [-0.1, -0.05) is 36.0 Å². The largest absolute Gasteiger partial charge is 0.497 e. The van der Waals surface area contributed by atoms with Crippen LogP contribution in [0.5, 0.6) is 11.5 Å². The van der Waals surface area contributed by atoms with Gasteiger partial charge in [-0.15, -0.1) is 0 Å². The van der Waals surface area contributed by atoms with E-state index in [1.165, 1.54) is 18.7 Å². The fourth-order valence-corrected chi connectivity index (χ4v) is 2.44. The van der Waals surface area contributed by atoms with Crippen LogP contribution < -0.4 is 9.47 Å². The Bertz CT molecular complexity index is 633. The lowest BCUT2D eigenvalue weighted by molar-refractivity contribution is -0.132. The first kappa shape index (κ1) is 15.2. The molecule has 0 aliphatic carbocycles. The SMILES string of the molecule is COc1ccc(C=CSc2ccccc2OC(C)=O)cc1. The van der Waals surface area contributed by atoms with E-state index in [1.54, 1.807) is 13.2 Å². The molecule has 0 spiro atoms. The predicted octanol–water partition coefficient (Wildman–Crippen LogP) is 4.38. The van der Waals surface area contributed by atoms with Crippen LogP contribution in [0.2, 0.25) is 0 Å². The molecule has 0 aliphatic heterocycles. The highest BCUT2D eigenvalue weighted by Gasteiger charge is 2.04. The maximum atomic E-state index is 11.1. The van der Waals surface area contributed by atoms with Gasteiger partial charge in [0.05, 0.1) is 12.0 Å². The van der Waals surface area contributed by atoms with Crippen LogP contribution >= 0.6 is 11.8 Å². The third kappa shape index (κ3) is 4.68. The second-order valence-electron chi connectivity index (χ2n) is 4.23. The third-order valence-corrected chi connectivity index (χ3v) is 3.54. The van der Waals surface area contributed by atoms with E-state index in [0.29, 0.717) is 5.75 Å². The van der Waals surface area contributed by atoms with Crippen LogP contribution in [0.1, 0.15) is 12.5 Å². The van der Waals surface area contributed by atoms with Gasteiger partial charge < -0.3 is 9.47 Å². The topological polar surface area (TPSA) is 35.5 Å². The lowest BCUT2D eigenvalue weighted by Gasteiger charge is -2.05. The van der Waals surface area contributed by atoms with Crippen LogP contribution in [0.15, 0.2) is 58.8 Å². The van der Waals surface area contributed by atoms with Crippen molar-refractivity contribution in [2.75, 3.05) is 7.11 Å². The van der Waals surface area contributed by atoms with E-state index >= 15 is 0 Å². The van der Waals surface area contributed by atoms with Gasteiger partial charge in [0.2, 0.25) is 0 Å². The average molecular weight is 300 g/mol. The number of thioether (sulfide) groups is 1. The first-order chi connectivity index (χ1) is 10.2. The van der Waals surface area contributed by atoms with Gasteiger partial charge in [-0.3, -0.25) is 4.79 Å². The van der Waals surface area contributed by atoms with Crippen molar-refractivity contribution < 1.29 is 14.3 Å². The number of esters is 1. The van der Waals surface area contributed by atoms with Gasteiger partial charge in [0, 0.05) is 6.92 Å². The Morgan fingerprint density at radius 3 is 2.48 bits per heavy atom. The molecule has 0 aromatic heterocycles. The molecule has 0 unspecified atom stereocenters. The van der Waals surface area contributed by atoms with E-state index in [-0.39, 0.29) is 5.97 Å². The summed E-state index contributed by atoms with van der Waals surface area (Å²) in [7, 11) is 1.65. The molecule has 0 aliphatic rings. The molecule has 2 aromatic rings. The molecule has 21 heavy (non-hydrogen) atoms. The van der Waals surface area contributed by atoms with Crippen molar-refractivity contribution in [3.05, 3.63) is 59.5 Å². The highest BCUT2D eigenvalue weighted by atomic mass is 32.2. The zero-order valence-electron chi connectivity index (χ0n) is 11.9. The normalized spacial score (nSPS) is 10.6. The summed E-state index contributed by atoms with van der Waals surface area (Å²) < 4.78 is 10.3. The summed E-state index contributed by atoms with van der Waals surface area (Å²) >= 11 is 1.50. The molecule has 0 radical (unpaired) electrons. The van der Waals surface area contributed by atoms with Crippen LogP contribution in [-0.4, -0.2) is 13.1 Å². The number of para-hydroxylation sites is 1. The third-order valence-electron chi connectivity index (χ3n) is 2.67. The number of ether oxygens (including phenoxy) is 2. The van der Waals surface area contributed by atoms with Crippen molar-refractivity contribution >= 4 is 23.8 Å². The Balaban J connectivity index is 2.04. The standard InChI is InChI=1S/C17H16O3S/c1-13(18)20-16-5-3-4-6-17(16)21-12-11-14-7-9-15(19-2)10-8-14/h3-12H,1-2H3. The lowest BCUT2D eigenvalue weighted by Crippen LogP contribution is -2.01. The Labute approximate surface area is 128 Å². The second-order valence-corrected chi connectivity index (χ2v) is 5.18. The van der Waals surface area contributed by atoms with Gasteiger partial charge in [0.1, 0.15) is 11.5 Å². The Morgan fingerprint density at radius 2 is 1.81 bits per heavy atom. The molecule has 0 fully saturated rings. The van der Waals surface area contributed by atoms with Crippen LogP contribution in [0, 0.1) is 0 Å². The van der Waals surface area contributed by atoms with Crippen molar-refractivity contribution in [3.63, 3.8) is 0 Å². The van der Waals surface area contributed by atoms with E-state index in [1.807, 2.05) is 53.9 Å². The maximum absolute atomic E-state index is 11.1. The number of methoxy groups -OCH3 is 1. The number of hydrogen-bond acceptors (Lipinski definition) is 4. The molecule has 0 saturated carbocycles. The van der Waals surface area contributed by atoms with E-state index in [9.17, 15) is 4.79 Å². The molecular formula is C17H16O3S. The number of hydrogen-bond donors (Lipinski definition) is 0. The fourth-order valence-electron chi connectivity index (χ4n) is 1.69. The van der Waals surface area contributed by atoms with Crippen molar-refractivity contribution in [1.29, 1.82) is 0 Å². The van der Waals surface area contributed by atoms with Gasteiger partial charge >= 0.3 is 5.97 Å². The molecule has 0 heterocycles. The molecular weight excluding hydrogens is 284 g/mol. The first-order valence-electron chi connectivity index (χ1n) is 6.44. The zero-order valence-corrected chi connectivity index (χ0v) is 12.7. The molecule has 0 saturated heterocycles. The number of carbonyl (C=O) groups is 1. The van der Waals surface area contributed by atoms with E-state index in [4.69, 9.17) is 9.47 Å². The molecule has 4 heteroatoms. The molecule has 0 amide bonds. The molecule has 2 aromatic carbocycles. The number of carbonyl (C=O) groups excluding carboxylic acids is 1. The van der Waals surface area contributed by atoms with Gasteiger partial charge in [-0.05, 0) is 41.3 Å². The molecule has 0 bridgehead atoms. The lowest BCUT2D eigenvalue weighted by atomic mass is 10.2. The summed E-state index contributed by atoms with van der Waals surface area (Å²) in [6.07, 6.45) is 1.99. The first-order valence-corrected chi connectivity index (χ1v) is 7.31. The molecule has 0 N–H and O–H groups in total. The van der Waals surface area contributed by atoms with Crippen molar-refractivity contribution in [2.45, 2.75) is 11.8 Å². The fraction of sp³-hybridized carbons (Fsp3) is 0.118. The smallest absolute Gasteiger partial charge is 0.308 e. The summed E-state index contributed by atoms with van der Waals surface area (Å²) in [4.78, 5) is 12.0. The Hall–Kier alpha value is -2.20. The predicted molar refractivity (Wildman–Crippen MR) is 85.6 cm³/mol. The van der Waals surface area contributed by atoms with Crippen LogP contribution in [0.25, 0.3) is 6.08 Å². The number of benzene rings is 2. The highest BCUT2D eigenvalue weighted by Crippen LogP contribution is 2.30. The highest BCUT2D eigenvalue weighted by molar-refractivity contribution is 8.02. The molecule has 0 atom stereocenters. The van der Waals surface area contributed by atoms with Crippen molar-refractivity contribution in [1.82, 2.24) is 0 Å². The van der Waals surface area contributed by atoms with Crippen LogP contribution in [0.4, 0.5) is 0 Å². The Morgan fingerprint density at radius 1 is 1.10 bits per heavy atom. The summed E-state index contributed by atoms with van der Waals surface area (Å²) in [6, 6.07) is 15.2. The monoisotopic (exact) mass is 300 g/mol. The maximum Gasteiger partial charge on any atom is 0.308 e. The van der Waals surface area contributed by atoms with Crippen molar-refractivity contribution in [2.24, 2.45) is 0 Å². The quantitative estimate of drug-likeness (QED) is 0.466. The Kier molecular flexibility index (Phi) is 5.46. The minimum Gasteiger partial charge on any atom is -0.497 e. The summed E-state index contributed by atoms with van der Waals surface area (Å²) in [5, 5.41) is 1.96. The second kappa shape index (κ2) is 7.55. The zero-order chi connectivity index (χ0) is 15.1. The van der Waals surface area contributed by atoms with E-state index in [0.717, 1.165) is 16.2 Å². The van der Waals surface area contributed by atoms with Crippen molar-refractivity contribution in [3.8, 4) is 11.5 Å². The summed E-state index contributed by atoms with van der Waals surface area (Å²) in [5.41, 5.74) is 1.08. The summed E-state index contributed by atoms with van der Waals surface area (Å²) in [5.74, 6) is 1.09. The number of rotatable bonds is 5. The molecule has 2 rings (SSSR count). The van der Waals surface area contributed by atoms with Gasteiger partial charge in [-0.2, -0.15) is 0 Å². The average Bonchev–Trinajstić information content (AvgIpc) is 2.49. The molecule has 3 nitrogen and oxygen atoms in total.